The smallest absolute Gasteiger partial charge is 0.223 e. The predicted octanol–water partition coefficient (Wildman–Crippen LogP) is 3.25. The molecule has 0 radical (unpaired) electrons. The van der Waals surface area contributed by atoms with E-state index < -0.39 is 0 Å². The number of amides is 1. The lowest BCUT2D eigenvalue weighted by Gasteiger charge is -2.09. The average Bonchev–Trinajstić information content (AvgIpc) is 3.29. The van der Waals surface area contributed by atoms with E-state index in [2.05, 4.69) is 22.9 Å². The van der Waals surface area contributed by atoms with Crippen LogP contribution in [0, 0.1) is 5.92 Å². The van der Waals surface area contributed by atoms with Crippen LogP contribution in [0.15, 0.2) is 24.3 Å². The molecule has 1 aliphatic carbocycles. The fraction of sp³-hybridized carbons (Fsp3) is 0.529. The lowest BCUT2D eigenvalue weighted by Crippen LogP contribution is -2.26. The van der Waals surface area contributed by atoms with Gasteiger partial charge in [0, 0.05) is 12.5 Å². The van der Waals surface area contributed by atoms with Crippen LogP contribution in [-0.2, 0) is 17.9 Å². The molecule has 2 aromatic rings. The van der Waals surface area contributed by atoms with Crippen LogP contribution < -0.4 is 5.32 Å². The van der Waals surface area contributed by atoms with Crippen LogP contribution in [0.3, 0.4) is 0 Å². The Morgan fingerprint density at radius 2 is 2.14 bits per heavy atom. The number of aromatic nitrogens is 2. The Morgan fingerprint density at radius 3 is 2.90 bits per heavy atom. The van der Waals surface area contributed by atoms with Gasteiger partial charge < -0.3 is 9.88 Å². The van der Waals surface area contributed by atoms with Gasteiger partial charge in [0.25, 0.3) is 0 Å². The molecule has 0 aliphatic heterocycles. The van der Waals surface area contributed by atoms with E-state index in [0.717, 1.165) is 37.1 Å². The van der Waals surface area contributed by atoms with Gasteiger partial charge >= 0.3 is 0 Å². The molecule has 1 saturated carbocycles. The number of benzene rings is 1. The summed E-state index contributed by atoms with van der Waals surface area (Å²) >= 11 is 0. The molecule has 0 atom stereocenters. The van der Waals surface area contributed by atoms with Gasteiger partial charge in [-0.25, -0.2) is 4.98 Å². The molecule has 4 nitrogen and oxygen atoms in total. The summed E-state index contributed by atoms with van der Waals surface area (Å²) in [7, 11) is 0. The van der Waals surface area contributed by atoms with Gasteiger partial charge in [-0.3, -0.25) is 4.79 Å². The number of nitrogens with one attached hydrogen (secondary N) is 1. The molecular formula is C17H23N3O. The molecule has 1 aliphatic rings. The highest BCUT2D eigenvalue weighted by Crippen LogP contribution is 2.28. The maximum absolute atomic E-state index is 11.8. The van der Waals surface area contributed by atoms with Gasteiger partial charge in [-0.05, 0) is 31.4 Å². The molecule has 21 heavy (non-hydrogen) atoms. The van der Waals surface area contributed by atoms with Crippen LogP contribution in [0.4, 0.5) is 0 Å². The third-order valence-electron chi connectivity index (χ3n) is 4.09. The zero-order chi connectivity index (χ0) is 14.7. The monoisotopic (exact) mass is 285 g/mol. The zero-order valence-electron chi connectivity index (χ0n) is 12.6. The van der Waals surface area contributed by atoms with Crippen LogP contribution in [0.2, 0.25) is 0 Å². The molecule has 0 unspecified atom stereocenters. The molecule has 1 amide bonds. The van der Waals surface area contributed by atoms with Crippen molar-refractivity contribution in [3.05, 3.63) is 30.1 Å². The number of unbranched alkanes of at least 4 members (excludes halogenated alkanes) is 2. The first-order chi connectivity index (χ1) is 10.3. The first-order valence-corrected chi connectivity index (χ1v) is 8.01. The Hall–Kier alpha value is -1.84. The van der Waals surface area contributed by atoms with Gasteiger partial charge in [0.15, 0.2) is 0 Å². The number of nitrogens with zero attached hydrogens (tertiary/aromatic N) is 2. The molecule has 4 heteroatoms. The number of imidazole rings is 1. The van der Waals surface area contributed by atoms with Crippen molar-refractivity contribution in [1.82, 2.24) is 14.9 Å². The molecule has 1 N–H and O–H groups in total. The van der Waals surface area contributed by atoms with Gasteiger partial charge in [-0.1, -0.05) is 31.9 Å². The van der Waals surface area contributed by atoms with Crippen molar-refractivity contribution >= 4 is 16.9 Å². The van der Waals surface area contributed by atoms with Crippen LogP contribution in [0.5, 0.6) is 0 Å². The summed E-state index contributed by atoms with van der Waals surface area (Å²) in [5.41, 5.74) is 2.19. The van der Waals surface area contributed by atoms with Crippen molar-refractivity contribution in [1.29, 1.82) is 0 Å². The zero-order valence-corrected chi connectivity index (χ0v) is 12.6. The van der Waals surface area contributed by atoms with Crippen LogP contribution in [0.1, 0.15) is 44.9 Å². The first kappa shape index (κ1) is 14.1. The molecular weight excluding hydrogens is 262 g/mol. The molecule has 1 aromatic carbocycles. The minimum Gasteiger partial charge on any atom is -0.349 e. The van der Waals surface area contributed by atoms with E-state index in [4.69, 9.17) is 4.98 Å². The van der Waals surface area contributed by atoms with Gasteiger partial charge in [-0.2, -0.15) is 0 Å². The second-order valence-corrected chi connectivity index (χ2v) is 5.87. The standard InChI is InChI=1S/C17H23N3O/c1-2-3-6-11-20-15-8-5-4-7-14(15)19-16(20)12-18-17(21)13-9-10-13/h4-5,7-8,13H,2-3,6,9-12H2,1H3,(H,18,21). The summed E-state index contributed by atoms with van der Waals surface area (Å²) in [6.45, 7) is 3.72. The SMILES string of the molecule is CCCCCn1c(CNC(=O)C2CC2)nc2ccccc21. The van der Waals surface area contributed by atoms with E-state index in [-0.39, 0.29) is 11.8 Å². The number of fused-ring (bicyclic) bond motifs is 1. The molecule has 0 bridgehead atoms. The Labute approximate surface area is 125 Å². The summed E-state index contributed by atoms with van der Waals surface area (Å²) in [4.78, 5) is 16.5. The average molecular weight is 285 g/mol. The second kappa shape index (κ2) is 6.29. The van der Waals surface area contributed by atoms with Crippen molar-refractivity contribution in [2.75, 3.05) is 0 Å². The molecule has 1 aromatic heterocycles. The van der Waals surface area contributed by atoms with Crippen LogP contribution in [0.25, 0.3) is 11.0 Å². The van der Waals surface area contributed by atoms with E-state index in [9.17, 15) is 4.79 Å². The minimum atomic E-state index is 0.183. The molecule has 1 fully saturated rings. The van der Waals surface area contributed by atoms with Gasteiger partial charge in [-0.15, -0.1) is 0 Å². The number of aryl methyl sites for hydroxylation is 1. The number of carbonyl (C=O) groups is 1. The third-order valence-corrected chi connectivity index (χ3v) is 4.09. The Morgan fingerprint density at radius 1 is 1.33 bits per heavy atom. The normalized spacial score (nSPS) is 14.5. The fourth-order valence-electron chi connectivity index (χ4n) is 2.69. The summed E-state index contributed by atoms with van der Waals surface area (Å²) in [6, 6.07) is 8.21. The third kappa shape index (κ3) is 3.26. The lowest BCUT2D eigenvalue weighted by molar-refractivity contribution is -0.122. The first-order valence-electron chi connectivity index (χ1n) is 8.01. The summed E-state index contributed by atoms with van der Waals surface area (Å²) in [6.07, 6.45) is 5.67. The Bertz CT molecular complexity index is 628. The maximum atomic E-state index is 11.8. The highest BCUT2D eigenvalue weighted by Gasteiger charge is 2.29. The van der Waals surface area contributed by atoms with E-state index in [0.29, 0.717) is 6.54 Å². The van der Waals surface area contributed by atoms with Crippen molar-refractivity contribution in [3.8, 4) is 0 Å². The molecule has 0 spiro atoms. The topological polar surface area (TPSA) is 46.9 Å². The quantitative estimate of drug-likeness (QED) is 0.794. The van der Waals surface area contributed by atoms with E-state index in [1.165, 1.54) is 18.4 Å². The fourth-order valence-corrected chi connectivity index (χ4v) is 2.69. The molecule has 0 saturated heterocycles. The highest BCUT2D eigenvalue weighted by atomic mass is 16.2. The summed E-state index contributed by atoms with van der Waals surface area (Å²) in [5, 5.41) is 3.03. The Kier molecular flexibility index (Phi) is 4.23. The van der Waals surface area contributed by atoms with E-state index in [1.54, 1.807) is 0 Å². The maximum Gasteiger partial charge on any atom is 0.223 e. The van der Waals surface area contributed by atoms with Crippen molar-refractivity contribution in [2.45, 2.75) is 52.1 Å². The number of para-hydroxylation sites is 2. The van der Waals surface area contributed by atoms with Crippen LogP contribution in [-0.4, -0.2) is 15.5 Å². The summed E-state index contributed by atoms with van der Waals surface area (Å²) < 4.78 is 2.26. The largest absolute Gasteiger partial charge is 0.349 e. The van der Waals surface area contributed by atoms with Gasteiger partial charge in [0.2, 0.25) is 5.91 Å². The van der Waals surface area contributed by atoms with E-state index >= 15 is 0 Å². The predicted molar refractivity (Wildman–Crippen MR) is 83.8 cm³/mol. The van der Waals surface area contributed by atoms with Crippen molar-refractivity contribution < 1.29 is 4.79 Å². The molecule has 1 heterocycles. The number of hydrogen-bond donors (Lipinski definition) is 1. The molecule has 112 valence electrons. The van der Waals surface area contributed by atoms with Crippen molar-refractivity contribution in [2.24, 2.45) is 5.92 Å². The van der Waals surface area contributed by atoms with Gasteiger partial charge in [0.05, 0.1) is 17.6 Å². The number of rotatable bonds is 7. The van der Waals surface area contributed by atoms with E-state index in [1.807, 2.05) is 18.2 Å². The summed E-state index contributed by atoms with van der Waals surface area (Å²) in [5.74, 6) is 1.41. The number of hydrogen-bond acceptors (Lipinski definition) is 2. The highest BCUT2D eigenvalue weighted by molar-refractivity contribution is 5.81. The van der Waals surface area contributed by atoms with Crippen molar-refractivity contribution in [3.63, 3.8) is 0 Å². The minimum absolute atomic E-state index is 0.183. The second-order valence-electron chi connectivity index (χ2n) is 5.87. The lowest BCUT2D eigenvalue weighted by atomic mass is 10.2. The van der Waals surface area contributed by atoms with Crippen LogP contribution >= 0.6 is 0 Å². The molecule has 3 rings (SSSR count). The van der Waals surface area contributed by atoms with Gasteiger partial charge in [0.1, 0.15) is 5.82 Å². The Balaban J connectivity index is 1.77. The number of carbonyl (C=O) groups excluding carboxylic acids is 1.